The van der Waals surface area contributed by atoms with E-state index in [1.807, 2.05) is 0 Å². The molecule has 0 spiro atoms. The van der Waals surface area contributed by atoms with Gasteiger partial charge in [0.25, 0.3) is 5.56 Å². The molecule has 8 heteroatoms. The highest BCUT2D eigenvalue weighted by Gasteiger charge is 2.28. The van der Waals surface area contributed by atoms with Gasteiger partial charge in [-0.1, -0.05) is 0 Å². The second-order valence-electron chi connectivity index (χ2n) is 4.79. The Morgan fingerprint density at radius 1 is 1.42 bits per heavy atom. The first-order valence-electron chi connectivity index (χ1n) is 5.88. The van der Waals surface area contributed by atoms with E-state index in [2.05, 4.69) is 10.2 Å². The Hall–Kier alpha value is -1.67. The SMILES string of the molecule is Cn1c2c(c3cn[nH]c(=O)c31)CCN(S(C)(=O)=O)C2. The zero-order chi connectivity index (χ0) is 13.8. The summed E-state index contributed by atoms with van der Waals surface area (Å²) in [5.41, 5.74) is 2.19. The molecule has 0 aromatic carbocycles. The Labute approximate surface area is 109 Å². The van der Waals surface area contributed by atoms with Crippen molar-refractivity contribution in [2.24, 2.45) is 7.05 Å². The third-order valence-electron chi connectivity index (χ3n) is 3.65. The highest BCUT2D eigenvalue weighted by Crippen LogP contribution is 2.28. The third kappa shape index (κ3) is 1.79. The number of fused-ring (bicyclic) bond motifs is 3. The number of aromatic amines is 1. The van der Waals surface area contributed by atoms with Gasteiger partial charge in [0.2, 0.25) is 10.0 Å². The summed E-state index contributed by atoms with van der Waals surface area (Å²) in [6, 6.07) is 0. The molecule has 7 nitrogen and oxygen atoms in total. The fraction of sp³-hybridized carbons (Fsp3) is 0.455. The standard InChI is InChI=1S/C11H14N4O3S/c1-14-9-6-15(19(2,17)18)4-3-7(9)8-5-12-13-11(16)10(8)14/h5H,3-4,6H2,1-2H3,(H,13,16). The number of sulfonamides is 1. The molecule has 0 atom stereocenters. The average molecular weight is 282 g/mol. The van der Waals surface area contributed by atoms with E-state index in [9.17, 15) is 13.2 Å². The molecule has 0 amide bonds. The Balaban J connectivity index is 2.25. The second-order valence-corrected chi connectivity index (χ2v) is 6.77. The van der Waals surface area contributed by atoms with Crippen molar-refractivity contribution in [1.29, 1.82) is 0 Å². The summed E-state index contributed by atoms with van der Waals surface area (Å²) in [6.45, 7) is 0.747. The van der Waals surface area contributed by atoms with Crippen molar-refractivity contribution in [3.63, 3.8) is 0 Å². The van der Waals surface area contributed by atoms with Crippen molar-refractivity contribution in [2.75, 3.05) is 12.8 Å². The molecule has 0 radical (unpaired) electrons. The van der Waals surface area contributed by atoms with Crippen LogP contribution in [-0.4, -0.2) is 40.3 Å². The van der Waals surface area contributed by atoms with Gasteiger partial charge >= 0.3 is 0 Å². The number of aryl methyl sites for hydroxylation is 1. The first-order chi connectivity index (χ1) is 8.89. The monoisotopic (exact) mass is 282 g/mol. The predicted octanol–water partition coefficient (Wildman–Crippen LogP) is -0.421. The van der Waals surface area contributed by atoms with Gasteiger partial charge in [-0.05, 0) is 12.0 Å². The van der Waals surface area contributed by atoms with Gasteiger partial charge in [0.05, 0.1) is 19.0 Å². The van der Waals surface area contributed by atoms with Crippen LogP contribution in [0.15, 0.2) is 11.0 Å². The van der Waals surface area contributed by atoms with Crippen LogP contribution in [0, 0.1) is 0 Å². The molecule has 0 fully saturated rings. The summed E-state index contributed by atoms with van der Waals surface area (Å²) in [7, 11) is -1.43. The van der Waals surface area contributed by atoms with Gasteiger partial charge in [0.15, 0.2) is 0 Å². The van der Waals surface area contributed by atoms with Crippen LogP contribution in [0.3, 0.4) is 0 Å². The van der Waals surface area contributed by atoms with Gasteiger partial charge in [-0.15, -0.1) is 0 Å². The zero-order valence-corrected chi connectivity index (χ0v) is 11.5. The fourth-order valence-corrected chi connectivity index (χ4v) is 3.46. The van der Waals surface area contributed by atoms with Crippen LogP contribution in [0.2, 0.25) is 0 Å². The predicted molar refractivity (Wildman–Crippen MR) is 70.3 cm³/mol. The highest BCUT2D eigenvalue weighted by molar-refractivity contribution is 7.88. The number of aromatic nitrogens is 3. The summed E-state index contributed by atoms with van der Waals surface area (Å²) < 4.78 is 26.4. The lowest BCUT2D eigenvalue weighted by atomic mass is 10.1. The molecule has 3 heterocycles. The van der Waals surface area contributed by atoms with Crippen LogP contribution in [0.4, 0.5) is 0 Å². The van der Waals surface area contributed by atoms with Crippen LogP contribution in [0.25, 0.3) is 10.9 Å². The molecule has 3 rings (SSSR count). The number of hydrogen-bond donors (Lipinski definition) is 1. The molecule has 1 N–H and O–H groups in total. The van der Waals surface area contributed by atoms with Crippen LogP contribution in [-0.2, 0) is 30.0 Å². The Morgan fingerprint density at radius 2 is 2.16 bits per heavy atom. The minimum atomic E-state index is -3.21. The van der Waals surface area contributed by atoms with Crippen LogP contribution < -0.4 is 5.56 Å². The molecular formula is C11H14N4O3S. The summed E-state index contributed by atoms with van der Waals surface area (Å²) in [5, 5.41) is 7.04. The van der Waals surface area contributed by atoms with Crippen molar-refractivity contribution in [1.82, 2.24) is 19.1 Å². The van der Waals surface area contributed by atoms with Gasteiger partial charge in [0, 0.05) is 24.7 Å². The highest BCUT2D eigenvalue weighted by atomic mass is 32.2. The van der Waals surface area contributed by atoms with E-state index in [1.54, 1.807) is 17.8 Å². The molecular weight excluding hydrogens is 268 g/mol. The first-order valence-corrected chi connectivity index (χ1v) is 7.73. The Bertz CT molecular complexity index is 818. The molecule has 1 aliphatic rings. The maximum Gasteiger partial charge on any atom is 0.288 e. The summed E-state index contributed by atoms with van der Waals surface area (Å²) >= 11 is 0. The first kappa shape index (κ1) is 12.4. The van der Waals surface area contributed by atoms with Crippen LogP contribution in [0.1, 0.15) is 11.3 Å². The smallest absolute Gasteiger partial charge is 0.288 e. The van der Waals surface area contributed by atoms with E-state index < -0.39 is 10.0 Å². The van der Waals surface area contributed by atoms with Gasteiger partial charge in [0.1, 0.15) is 5.52 Å². The summed E-state index contributed by atoms with van der Waals surface area (Å²) in [4.78, 5) is 11.8. The normalized spacial score (nSPS) is 16.7. The van der Waals surface area contributed by atoms with Crippen molar-refractivity contribution in [3.05, 3.63) is 27.8 Å². The van der Waals surface area contributed by atoms with Crippen molar-refractivity contribution >= 4 is 20.9 Å². The number of nitrogens with zero attached hydrogens (tertiary/aromatic N) is 3. The van der Waals surface area contributed by atoms with Gasteiger partial charge in [-0.25, -0.2) is 13.5 Å². The summed E-state index contributed by atoms with van der Waals surface area (Å²) in [6.07, 6.45) is 3.44. The van der Waals surface area contributed by atoms with Crippen molar-refractivity contribution in [3.8, 4) is 0 Å². The Kier molecular flexibility index (Phi) is 2.55. The van der Waals surface area contributed by atoms with Gasteiger partial charge in [-0.3, -0.25) is 4.79 Å². The molecule has 0 saturated carbocycles. The second kappa shape index (κ2) is 3.91. The van der Waals surface area contributed by atoms with E-state index in [1.165, 1.54) is 10.6 Å². The van der Waals surface area contributed by atoms with E-state index >= 15 is 0 Å². The third-order valence-corrected chi connectivity index (χ3v) is 4.90. The zero-order valence-electron chi connectivity index (χ0n) is 10.7. The van der Waals surface area contributed by atoms with Gasteiger partial charge < -0.3 is 4.57 Å². The molecule has 2 aromatic heterocycles. The number of rotatable bonds is 1. The Morgan fingerprint density at radius 3 is 2.84 bits per heavy atom. The lowest BCUT2D eigenvalue weighted by Crippen LogP contribution is -2.35. The minimum Gasteiger partial charge on any atom is -0.342 e. The van der Waals surface area contributed by atoms with Crippen molar-refractivity contribution < 1.29 is 8.42 Å². The number of nitrogens with one attached hydrogen (secondary N) is 1. The van der Waals surface area contributed by atoms with E-state index in [4.69, 9.17) is 0 Å². The van der Waals surface area contributed by atoms with Crippen molar-refractivity contribution in [2.45, 2.75) is 13.0 Å². The molecule has 0 saturated heterocycles. The maximum absolute atomic E-state index is 11.8. The molecule has 0 bridgehead atoms. The lowest BCUT2D eigenvalue weighted by Gasteiger charge is -2.25. The molecule has 1 aliphatic heterocycles. The van der Waals surface area contributed by atoms with E-state index in [0.29, 0.717) is 25.0 Å². The largest absolute Gasteiger partial charge is 0.342 e. The average Bonchev–Trinajstić information content (AvgIpc) is 2.63. The molecule has 0 aliphatic carbocycles. The number of H-pyrrole nitrogens is 1. The quantitative estimate of drug-likeness (QED) is 0.769. The molecule has 2 aromatic rings. The lowest BCUT2D eigenvalue weighted by molar-refractivity contribution is 0.386. The molecule has 0 unspecified atom stereocenters. The fourth-order valence-electron chi connectivity index (χ4n) is 2.68. The maximum atomic E-state index is 11.8. The summed E-state index contributed by atoms with van der Waals surface area (Å²) in [5.74, 6) is 0. The molecule has 19 heavy (non-hydrogen) atoms. The van der Waals surface area contributed by atoms with E-state index in [-0.39, 0.29) is 5.56 Å². The van der Waals surface area contributed by atoms with Gasteiger partial charge in [-0.2, -0.15) is 9.40 Å². The van der Waals surface area contributed by atoms with E-state index in [0.717, 1.165) is 16.6 Å². The topological polar surface area (TPSA) is 88.1 Å². The molecule has 102 valence electrons. The minimum absolute atomic E-state index is 0.250. The number of hydrogen-bond acceptors (Lipinski definition) is 4. The van der Waals surface area contributed by atoms with Crippen LogP contribution in [0.5, 0.6) is 0 Å². The van der Waals surface area contributed by atoms with Crippen LogP contribution >= 0.6 is 0 Å².